The molecule has 0 bridgehead atoms. The molecule has 2 aliphatic heterocycles. The Hall–Kier alpha value is -2.77. The second-order valence-electron chi connectivity index (χ2n) is 8.65. The highest BCUT2D eigenvalue weighted by atomic mass is 16.5. The van der Waals surface area contributed by atoms with Crippen molar-refractivity contribution in [3.05, 3.63) is 24.3 Å². The molecule has 2 saturated heterocycles. The van der Waals surface area contributed by atoms with Crippen LogP contribution in [-0.2, 0) is 9.59 Å². The zero-order valence-corrected chi connectivity index (χ0v) is 17.7. The van der Waals surface area contributed by atoms with Gasteiger partial charge in [0.05, 0.1) is 7.11 Å². The highest BCUT2D eigenvalue weighted by Crippen LogP contribution is 2.36. The number of amides is 4. The molecule has 0 atom stereocenters. The number of ether oxygens (including phenoxy) is 1. The quantitative estimate of drug-likeness (QED) is 0.761. The molecule has 30 heavy (non-hydrogen) atoms. The topological polar surface area (TPSA) is 82.2 Å². The van der Waals surface area contributed by atoms with Gasteiger partial charge >= 0.3 is 6.03 Å². The van der Waals surface area contributed by atoms with E-state index in [2.05, 4.69) is 17.1 Å². The summed E-state index contributed by atoms with van der Waals surface area (Å²) in [5, 5.41) is 2.88. The molecule has 1 aromatic rings. The first-order chi connectivity index (χ1) is 14.4. The molecule has 4 amide bonds. The summed E-state index contributed by atoms with van der Waals surface area (Å²) in [4.78, 5) is 43.3. The summed E-state index contributed by atoms with van der Waals surface area (Å²) in [6.07, 6.45) is 3.15. The van der Waals surface area contributed by atoms with E-state index in [4.69, 9.17) is 4.74 Å². The van der Waals surface area contributed by atoms with Crippen LogP contribution in [0.2, 0.25) is 0 Å². The first-order valence-corrected chi connectivity index (χ1v) is 10.7. The van der Waals surface area contributed by atoms with Crippen LogP contribution < -0.4 is 15.0 Å². The van der Waals surface area contributed by atoms with Crippen molar-refractivity contribution in [2.24, 2.45) is 5.92 Å². The molecule has 3 aliphatic rings. The molecule has 0 radical (unpaired) electrons. The van der Waals surface area contributed by atoms with Crippen molar-refractivity contribution in [1.29, 1.82) is 0 Å². The highest BCUT2D eigenvalue weighted by molar-refractivity contribution is 6.09. The number of rotatable bonds is 4. The summed E-state index contributed by atoms with van der Waals surface area (Å²) in [6.45, 7) is 4.54. The number of hydrogen-bond donors (Lipinski definition) is 1. The van der Waals surface area contributed by atoms with Gasteiger partial charge in [-0.25, -0.2) is 4.79 Å². The number of imide groups is 1. The maximum absolute atomic E-state index is 13.0. The van der Waals surface area contributed by atoms with E-state index in [1.165, 1.54) is 0 Å². The Balaban J connectivity index is 1.32. The van der Waals surface area contributed by atoms with E-state index >= 15 is 0 Å². The van der Waals surface area contributed by atoms with Crippen LogP contribution in [0.1, 0.15) is 32.6 Å². The van der Waals surface area contributed by atoms with E-state index in [-0.39, 0.29) is 18.4 Å². The number of urea groups is 1. The van der Waals surface area contributed by atoms with E-state index < -0.39 is 11.6 Å². The lowest BCUT2D eigenvalue weighted by Gasteiger charge is -2.36. The molecule has 2 heterocycles. The van der Waals surface area contributed by atoms with Crippen molar-refractivity contribution >= 4 is 23.5 Å². The zero-order chi connectivity index (χ0) is 21.3. The van der Waals surface area contributed by atoms with Gasteiger partial charge in [0, 0.05) is 31.9 Å². The van der Waals surface area contributed by atoms with Crippen molar-refractivity contribution in [2.45, 2.75) is 38.1 Å². The Kier molecular flexibility index (Phi) is 5.58. The van der Waals surface area contributed by atoms with Gasteiger partial charge in [-0.05, 0) is 55.9 Å². The molecular weight excluding hydrogens is 384 g/mol. The predicted molar refractivity (Wildman–Crippen MR) is 112 cm³/mol. The third-order valence-electron chi connectivity index (χ3n) is 6.74. The Morgan fingerprint density at radius 1 is 1.10 bits per heavy atom. The van der Waals surface area contributed by atoms with Crippen LogP contribution in [0.3, 0.4) is 0 Å². The second kappa shape index (κ2) is 8.16. The standard InChI is InChI=1S/C22H30N4O4/c1-16-7-9-22(10-8-16)20(28)26(21(29)23-22)15-19(27)25-13-11-24(12-14-25)17-3-5-18(30-2)6-4-17/h3-6,16H,7-15H2,1-2H3,(H,23,29). The first-order valence-electron chi connectivity index (χ1n) is 10.7. The molecule has 4 rings (SSSR count). The summed E-state index contributed by atoms with van der Waals surface area (Å²) in [5.41, 5.74) is 0.294. The number of anilines is 1. The lowest BCUT2D eigenvalue weighted by atomic mass is 9.77. The van der Waals surface area contributed by atoms with E-state index in [1.807, 2.05) is 24.3 Å². The smallest absolute Gasteiger partial charge is 0.325 e. The Morgan fingerprint density at radius 3 is 2.33 bits per heavy atom. The summed E-state index contributed by atoms with van der Waals surface area (Å²) in [5.74, 6) is 0.975. The molecule has 162 valence electrons. The molecule has 1 N–H and O–H groups in total. The molecule has 8 nitrogen and oxygen atoms in total. The lowest BCUT2D eigenvalue weighted by molar-refractivity contribution is -0.139. The predicted octanol–water partition coefficient (Wildman–Crippen LogP) is 1.84. The fourth-order valence-electron chi connectivity index (χ4n) is 4.66. The first kappa shape index (κ1) is 20.5. The molecule has 1 aromatic carbocycles. The third-order valence-corrected chi connectivity index (χ3v) is 6.74. The number of nitrogens with zero attached hydrogens (tertiary/aromatic N) is 3. The molecule has 0 unspecified atom stereocenters. The summed E-state index contributed by atoms with van der Waals surface area (Å²) in [6, 6.07) is 7.43. The number of carbonyl (C=O) groups is 3. The largest absolute Gasteiger partial charge is 0.497 e. The van der Waals surface area contributed by atoms with Crippen molar-refractivity contribution in [1.82, 2.24) is 15.1 Å². The average molecular weight is 415 g/mol. The van der Waals surface area contributed by atoms with E-state index in [0.717, 1.165) is 29.2 Å². The Bertz CT molecular complexity index is 809. The van der Waals surface area contributed by atoms with E-state index in [9.17, 15) is 14.4 Å². The number of piperazine rings is 1. The van der Waals surface area contributed by atoms with Crippen LogP contribution in [-0.4, -0.2) is 73.0 Å². The third kappa shape index (κ3) is 3.82. The van der Waals surface area contributed by atoms with Crippen LogP contribution in [0.4, 0.5) is 10.5 Å². The normalized spacial score (nSPS) is 26.9. The molecule has 0 aromatic heterocycles. The molecule has 1 spiro atoms. The van der Waals surface area contributed by atoms with E-state index in [0.29, 0.717) is 44.9 Å². The van der Waals surface area contributed by atoms with Crippen molar-refractivity contribution in [2.75, 3.05) is 44.7 Å². The summed E-state index contributed by atoms with van der Waals surface area (Å²) in [7, 11) is 1.64. The van der Waals surface area contributed by atoms with Gasteiger partial charge in [0.25, 0.3) is 5.91 Å². The van der Waals surface area contributed by atoms with Gasteiger partial charge in [0.2, 0.25) is 5.91 Å². The van der Waals surface area contributed by atoms with Gasteiger partial charge in [-0.15, -0.1) is 0 Å². The van der Waals surface area contributed by atoms with Gasteiger partial charge in [-0.3, -0.25) is 14.5 Å². The van der Waals surface area contributed by atoms with Crippen molar-refractivity contribution in [3.8, 4) is 5.75 Å². The van der Waals surface area contributed by atoms with Crippen LogP contribution >= 0.6 is 0 Å². The monoisotopic (exact) mass is 414 g/mol. The molecule has 1 aliphatic carbocycles. The lowest BCUT2D eigenvalue weighted by Crippen LogP contribution is -2.52. The van der Waals surface area contributed by atoms with Gasteiger partial charge in [-0.1, -0.05) is 6.92 Å². The van der Waals surface area contributed by atoms with Crippen LogP contribution in [0.25, 0.3) is 0 Å². The molecule has 1 saturated carbocycles. The minimum atomic E-state index is -0.795. The number of carbonyl (C=O) groups excluding carboxylic acids is 3. The Morgan fingerprint density at radius 2 is 1.73 bits per heavy atom. The van der Waals surface area contributed by atoms with Gasteiger partial charge in [0.15, 0.2) is 0 Å². The maximum atomic E-state index is 13.0. The fraction of sp³-hybridized carbons (Fsp3) is 0.591. The number of nitrogens with one attached hydrogen (secondary N) is 1. The molecule has 8 heteroatoms. The number of methoxy groups -OCH3 is 1. The number of hydrogen-bond acceptors (Lipinski definition) is 5. The maximum Gasteiger partial charge on any atom is 0.325 e. The minimum Gasteiger partial charge on any atom is -0.497 e. The SMILES string of the molecule is COc1ccc(N2CCN(C(=O)CN3C(=O)NC4(CCC(C)CC4)C3=O)CC2)cc1. The van der Waals surface area contributed by atoms with Crippen LogP contribution in [0.5, 0.6) is 5.75 Å². The fourth-order valence-corrected chi connectivity index (χ4v) is 4.66. The highest BCUT2D eigenvalue weighted by Gasteiger charge is 2.52. The number of benzene rings is 1. The average Bonchev–Trinajstić information content (AvgIpc) is 3.00. The second-order valence-corrected chi connectivity index (χ2v) is 8.65. The van der Waals surface area contributed by atoms with Gasteiger partial charge < -0.3 is 19.9 Å². The zero-order valence-electron chi connectivity index (χ0n) is 17.7. The van der Waals surface area contributed by atoms with Crippen LogP contribution in [0, 0.1) is 5.92 Å². The summed E-state index contributed by atoms with van der Waals surface area (Å²) < 4.78 is 5.20. The Labute approximate surface area is 177 Å². The van der Waals surface area contributed by atoms with Gasteiger partial charge in [-0.2, -0.15) is 0 Å². The van der Waals surface area contributed by atoms with Crippen molar-refractivity contribution in [3.63, 3.8) is 0 Å². The minimum absolute atomic E-state index is 0.172. The van der Waals surface area contributed by atoms with Crippen LogP contribution in [0.15, 0.2) is 24.3 Å². The summed E-state index contributed by atoms with van der Waals surface area (Å²) >= 11 is 0. The van der Waals surface area contributed by atoms with Gasteiger partial charge in [0.1, 0.15) is 17.8 Å². The van der Waals surface area contributed by atoms with E-state index in [1.54, 1.807) is 12.0 Å². The molecule has 3 fully saturated rings. The molecular formula is C22H30N4O4. The van der Waals surface area contributed by atoms with Crippen molar-refractivity contribution < 1.29 is 19.1 Å².